The predicted molar refractivity (Wildman–Crippen MR) is 135 cm³/mol. The molecule has 0 atom stereocenters. The molecule has 4 nitrogen and oxygen atoms in total. The van der Waals surface area contributed by atoms with E-state index in [1.54, 1.807) is 36.9 Å². The molecule has 0 aliphatic rings. The Kier molecular flexibility index (Phi) is 7.04. The molecular formula is C25H25ClN2O2S2. The van der Waals surface area contributed by atoms with E-state index in [2.05, 4.69) is 54.1 Å². The number of hydrogen-bond donors (Lipinski definition) is 0. The second-order valence-electron chi connectivity index (χ2n) is 7.50. The Morgan fingerprint density at radius 2 is 1.78 bits per heavy atom. The number of ether oxygens (including phenoxy) is 2. The molecule has 0 amide bonds. The number of thiazole rings is 1. The molecule has 0 N–H and O–H groups in total. The van der Waals surface area contributed by atoms with Crippen molar-refractivity contribution in [3.63, 3.8) is 0 Å². The van der Waals surface area contributed by atoms with E-state index >= 15 is 0 Å². The number of aromatic nitrogens is 1. The van der Waals surface area contributed by atoms with Crippen molar-refractivity contribution in [1.29, 1.82) is 0 Å². The summed E-state index contributed by atoms with van der Waals surface area (Å²) in [6.07, 6.45) is 0.837. The fourth-order valence-electron chi connectivity index (χ4n) is 3.60. The first-order valence-electron chi connectivity index (χ1n) is 10.3. The van der Waals surface area contributed by atoms with Gasteiger partial charge in [-0.2, -0.15) is 0 Å². The normalized spacial score (nSPS) is 11.7. The van der Waals surface area contributed by atoms with Crippen LogP contribution in [0.1, 0.15) is 16.7 Å². The molecule has 2 aromatic carbocycles. The monoisotopic (exact) mass is 484 g/mol. The Labute approximate surface area is 201 Å². The van der Waals surface area contributed by atoms with Crippen LogP contribution in [0.2, 0.25) is 4.34 Å². The third-order valence-corrected chi connectivity index (χ3v) is 7.38. The van der Waals surface area contributed by atoms with Crippen LogP contribution in [0.5, 0.6) is 11.5 Å². The standard InChI is InChI=1S/C25H25ClN2O2S2/c1-16-5-7-19(17(2)13-16)27-25-28(20(15-31-25)23-9-10-24(26)32-23)12-11-18-6-8-21(29-3)22(14-18)30-4/h5-10,13-15H,11-12H2,1-4H3. The lowest BCUT2D eigenvalue weighted by molar-refractivity contribution is 0.354. The molecule has 7 heteroatoms. The Bertz CT molecular complexity index is 1300. The highest BCUT2D eigenvalue weighted by Gasteiger charge is 2.12. The number of halogens is 1. The molecule has 0 radical (unpaired) electrons. The van der Waals surface area contributed by atoms with Gasteiger partial charge in [-0.05, 0) is 61.7 Å². The highest BCUT2D eigenvalue weighted by molar-refractivity contribution is 7.19. The number of aryl methyl sites for hydroxylation is 3. The fourth-order valence-corrected chi connectivity index (χ4v) is 5.68. The number of hydrogen-bond acceptors (Lipinski definition) is 5. The van der Waals surface area contributed by atoms with Crippen LogP contribution in [0.3, 0.4) is 0 Å². The Balaban J connectivity index is 1.73. The molecule has 0 fully saturated rings. The first-order chi connectivity index (χ1) is 15.5. The van der Waals surface area contributed by atoms with Crippen molar-refractivity contribution < 1.29 is 9.47 Å². The second kappa shape index (κ2) is 9.94. The summed E-state index contributed by atoms with van der Waals surface area (Å²) in [5.74, 6) is 1.48. The molecule has 2 aromatic heterocycles. The zero-order valence-electron chi connectivity index (χ0n) is 18.5. The van der Waals surface area contributed by atoms with E-state index in [1.165, 1.54) is 16.7 Å². The van der Waals surface area contributed by atoms with Gasteiger partial charge in [-0.3, -0.25) is 0 Å². The average molecular weight is 485 g/mol. The van der Waals surface area contributed by atoms with Gasteiger partial charge in [0.05, 0.1) is 34.8 Å². The quantitative estimate of drug-likeness (QED) is 0.282. The maximum absolute atomic E-state index is 6.23. The largest absolute Gasteiger partial charge is 0.493 e. The number of methoxy groups -OCH3 is 2. The average Bonchev–Trinajstić information content (AvgIpc) is 3.39. The number of nitrogens with zero attached hydrogens (tertiary/aromatic N) is 2. The van der Waals surface area contributed by atoms with Crippen LogP contribution >= 0.6 is 34.3 Å². The molecule has 0 unspecified atom stereocenters. The lowest BCUT2D eigenvalue weighted by Crippen LogP contribution is -2.17. The smallest absolute Gasteiger partial charge is 0.190 e. The molecule has 32 heavy (non-hydrogen) atoms. The summed E-state index contributed by atoms with van der Waals surface area (Å²) < 4.78 is 13.9. The van der Waals surface area contributed by atoms with Crippen LogP contribution in [0.25, 0.3) is 10.6 Å². The van der Waals surface area contributed by atoms with Gasteiger partial charge in [0.2, 0.25) is 0 Å². The maximum atomic E-state index is 6.23. The van der Waals surface area contributed by atoms with E-state index in [4.69, 9.17) is 26.1 Å². The van der Waals surface area contributed by atoms with Crippen molar-refractivity contribution in [1.82, 2.24) is 4.57 Å². The Hall–Kier alpha value is -2.54. The summed E-state index contributed by atoms with van der Waals surface area (Å²) >= 11 is 9.47. The second-order valence-corrected chi connectivity index (χ2v) is 10.1. The molecule has 0 spiro atoms. The molecule has 0 saturated carbocycles. The van der Waals surface area contributed by atoms with Crippen molar-refractivity contribution in [2.75, 3.05) is 14.2 Å². The molecule has 2 heterocycles. The SMILES string of the molecule is COc1ccc(CCn2c(-c3ccc(Cl)s3)csc2=Nc2ccc(C)cc2C)cc1OC. The van der Waals surface area contributed by atoms with Gasteiger partial charge < -0.3 is 14.0 Å². The first kappa shape index (κ1) is 22.6. The maximum Gasteiger partial charge on any atom is 0.190 e. The van der Waals surface area contributed by atoms with Gasteiger partial charge >= 0.3 is 0 Å². The van der Waals surface area contributed by atoms with Crippen molar-refractivity contribution in [2.24, 2.45) is 4.99 Å². The molecule has 0 aliphatic heterocycles. The van der Waals surface area contributed by atoms with Crippen LogP contribution in [0.4, 0.5) is 5.69 Å². The van der Waals surface area contributed by atoms with E-state index in [0.717, 1.165) is 49.9 Å². The van der Waals surface area contributed by atoms with E-state index in [9.17, 15) is 0 Å². The highest BCUT2D eigenvalue weighted by atomic mass is 35.5. The van der Waals surface area contributed by atoms with Crippen LogP contribution in [-0.2, 0) is 13.0 Å². The summed E-state index contributed by atoms with van der Waals surface area (Å²) in [5, 5.41) is 2.17. The number of rotatable bonds is 7. The minimum Gasteiger partial charge on any atom is -0.493 e. The van der Waals surface area contributed by atoms with Crippen molar-refractivity contribution >= 4 is 40.0 Å². The predicted octanol–water partition coefficient (Wildman–Crippen LogP) is 7.04. The zero-order chi connectivity index (χ0) is 22.7. The summed E-state index contributed by atoms with van der Waals surface area (Å²) in [6.45, 7) is 4.99. The lowest BCUT2D eigenvalue weighted by Gasteiger charge is -2.11. The van der Waals surface area contributed by atoms with Crippen LogP contribution in [0.15, 0.2) is 58.9 Å². The Morgan fingerprint density at radius 3 is 2.47 bits per heavy atom. The van der Waals surface area contributed by atoms with Gasteiger partial charge in [0.25, 0.3) is 0 Å². The van der Waals surface area contributed by atoms with Crippen molar-refractivity contribution in [3.8, 4) is 22.1 Å². The van der Waals surface area contributed by atoms with Gasteiger partial charge in [-0.1, -0.05) is 35.4 Å². The molecule has 0 saturated heterocycles. The summed E-state index contributed by atoms with van der Waals surface area (Å²) in [5.41, 5.74) is 5.71. The van der Waals surface area contributed by atoms with E-state index in [0.29, 0.717) is 0 Å². The topological polar surface area (TPSA) is 35.8 Å². The van der Waals surface area contributed by atoms with Crippen LogP contribution < -0.4 is 14.3 Å². The van der Waals surface area contributed by atoms with E-state index in [1.807, 2.05) is 18.2 Å². The number of thiophene rings is 1. The lowest BCUT2D eigenvalue weighted by atomic mass is 10.1. The molecule has 4 aromatic rings. The van der Waals surface area contributed by atoms with E-state index in [-0.39, 0.29) is 0 Å². The minimum atomic E-state index is 0.735. The van der Waals surface area contributed by atoms with Crippen molar-refractivity contribution in [2.45, 2.75) is 26.8 Å². The van der Waals surface area contributed by atoms with Gasteiger partial charge in [-0.25, -0.2) is 4.99 Å². The van der Waals surface area contributed by atoms with Crippen LogP contribution in [-0.4, -0.2) is 18.8 Å². The fraction of sp³-hybridized carbons (Fsp3) is 0.240. The third-order valence-electron chi connectivity index (χ3n) is 5.26. The van der Waals surface area contributed by atoms with Gasteiger partial charge in [-0.15, -0.1) is 22.7 Å². The molecule has 0 bridgehead atoms. The van der Waals surface area contributed by atoms with Crippen molar-refractivity contribution in [3.05, 3.63) is 79.7 Å². The number of benzene rings is 2. The molecular weight excluding hydrogens is 460 g/mol. The van der Waals surface area contributed by atoms with Gasteiger partial charge in [0.1, 0.15) is 0 Å². The highest BCUT2D eigenvalue weighted by Crippen LogP contribution is 2.32. The first-order valence-corrected chi connectivity index (χ1v) is 12.3. The summed E-state index contributed by atoms with van der Waals surface area (Å²) in [7, 11) is 3.31. The summed E-state index contributed by atoms with van der Waals surface area (Å²) in [4.78, 5) is 7.13. The Morgan fingerprint density at radius 1 is 0.969 bits per heavy atom. The molecule has 0 aliphatic carbocycles. The third kappa shape index (κ3) is 4.93. The summed E-state index contributed by atoms with van der Waals surface area (Å²) in [6, 6.07) is 16.4. The molecule has 4 rings (SSSR count). The zero-order valence-corrected chi connectivity index (χ0v) is 20.9. The van der Waals surface area contributed by atoms with Crippen LogP contribution in [0, 0.1) is 13.8 Å². The van der Waals surface area contributed by atoms with Gasteiger partial charge in [0.15, 0.2) is 16.3 Å². The van der Waals surface area contributed by atoms with E-state index < -0.39 is 0 Å². The molecule has 166 valence electrons. The minimum absolute atomic E-state index is 0.735. The van der Waals surface area contributed by atoms with Gasteiger partial charge in [0, 0.05) is 11.9 Å².